The van der Waals surface area contributed by atoms with Crippen LogP contribution in [0.25, 0.3) is 11.0 Å². The van der Waals surface area contributed by atoms with Crippen LogP contribution in [0.4, 0.5) is 0 Å². The minimum Gasteiger partial charge on any atom is -0.503 e. The summed E-state index contributed by atoms with van der Waals surface area (Å²) in [7, 11) is 0. The molecule has 4 aromatic rings. The molecular formula is C31H26BrNO6. The lowest BCUT2D eigenvalue weighted by Crippen LogP contribution is -2.30. The molecule has 5 rings (SSSR count). The van der Waals surface area contributed by atoms with E-state index in [0.29, 0.717) is 22.1 Å². The third-order valence-corrected chi connectivity index (χ3v) is 7.39. The van der Waals surface area contributed by atoms with Gasteiger partial charge in [0.1, 0.15) is 5.58 Å². The van der Waals surface area contributed by atoms with Gasteiger partial charge in [0.05, 0.1) is 17.2 Å². The monoisotopic (exact) mass is 587 g/mol. The molecule has 2 N–H and O–H groups in total. The summed E-state index contributed by atoms with van der Waals surface area (Å²) in [5, 5.41) is 21.0. The lowest BCUT2D eigenvalue weighted by atomic mass is 9.85. The Morgan fingerprint density at radius 3 is 2.26 bits per heavy atom. The van der Waals surface area contributed by atoms with Gasteiger partial charge in [-0.05, 0) is 58.5 Å². The molecule has 198 valence electrons. The molecule has 8 heteroatoms. The molecule has 1 amide bonds. The zero-order valence-electron chi connectivity index (χ0n) is 21.6. The van der Waals surface area contributed by atoms with Crippen molar-refractivity contribution in [3.8, 4) is 0 Å². The Bertz CT molecular complexity index is 1640. The fraction of sp³-hybridized carbons (Fsp3) is 0.194. The number of fused-ring (bicyclic) bond motifs is 1. The molecule has 0 bridgehead atoms. The van der Waals surface area contributed by atoms with Crippen LogP contribution in [0.5, 0.6) is 0 Å². The molecule has 1 aliphatic heterocycles. The number of halogens is 1. The number of nitrogens with zero attached hydrogens (tertiary/aromatic N) is 1. The predicted octanol–water partition coefficient (Wildman–Crippen LogP) is 6.97. The number of Topliss-reactive ketones (excluding diaryl/α,β-unsaturated/α-hetero) is 1. The number of furan rings is 1. The molecule has 3 aromatic carbocycles. The second kappa shape index (κ2) is 9.85. The number of hydrogen-bond acceptors (Lipinski definition) is 5. The summed E-state index contributed by atoms with van der Waals surface area (Å²) >= 11 is 3.41. The van der Waals surface area contributed by atoms with E-state index < -0.39 is 29.5 Å². The lowest BCUT2D eigenvalue weighted by molar-refractivity contribution is -0.130. The quantitative estimate of drug-likeness (QED) is 0.236. The number of benzene rings is 3. The highest BCUT2D eigenvalue weighted by molar-refractivity contribution is 9.10. The number of carboxylic acids is 1. The Hall–Kier alpha value is -4.17. The zero-order valence-corrected chi connectivity index (χ0v) is 23.2. The van der Waals surface area contributed by atoms with Crippen molar-refractivity contribution in [3.63, 3.8) is 0 Å². The second-order valence-electron chi connectivity index (χ2n) is 10.6. The van der Waals surface area contributed by atoms with E-state index in [2.05, 4.69) is 36.7 Å². The summed E-state index contributed by atoms with van der Waals surface area (Å²) in [5.74, 6) is -2.94. The first kappa shape index (κ1) is 26.4. The zero-order chi connectivity index (χ0) is 28.1. The normalized spacial score (nSPS) is 15.8. The van der Waals surface area contributed by atoms with Gasteiger partial charge in [0, 0.05) is 16.4 Å². The van der Waals surface area contributed by atoms with Gasteiger partial charge in [-0.3, -0.25) is 9.59 Å². The van der Waals surface area contributed by atoms with Crippen molar-refractivity contribution >= 4 is 44.6 Å². The third-order valence-electron chi connectivity index (χ3n) is 6.90. The molecule has 0 aliphatic carbocycles. The highest BCUT2D eigenvalue weighted by atomic mass is 79.9. The van der Waals surface area contributed by atoms with Crippen molar-refractivity contribution in [3.05, 3.63) is 117 Å². The van der Waals surface area contributed by atoms with Gasteiger partial charge in [0.15, 0.2) is 11.5 Å². The van der Waals surface area contributed by atoms with Crippen LogP contribution in [-0.4, -0.2) is 32.8 Å². The van der Waals surface area contributed by atoms with Crippen molar-refractivity contribution in [1.29, 1.82) is 0 Å². The standard InChI is InChI=1S/C31H26BrNO6/c1-31(2,3)21-10-8-18(9-11-21)26-25(27(34)24-15-20-14-22(32)12-13-23(20)39-24)28(35)29(36)33(26)16-17-4-6-19(7-5-17)30(37)38/h4-15,26,35H,16H2,1-3H3,(H,37,38). The van der Waals surface area contributed by atoms with Crippen LogP contribution in [0.3, 0.4) is 0 Å². The fourth-order valence-corrected chi connectivity index (χ4v) is 5.15. The third kappa shape index (κ3) is 5.00. The van der Waals surface area contributed by atoms with Gasteiger partial charge in [-0.2, -0.15) is 0 Å². The molecule has 1 aromatic heterocycles. The van der Waals surface area contributed by atoms with E-state index in [1.165, 1.54) is 17.0 Å². The highest BCUT2D eigenvalue weighted by Gasteiger charge is 2.44. The minimum atomic E-state index is -1.05. The van der Waals surface area contributed by atoms with Crippen molar-refractivity contribution in [2.75, 3.05) is 0 Å². The number of carbonyl (C=O) groups excluding carboxylic acids is 2. The molecular weight excluding hydrogens is 562 g/mol. The molecule has 1 aliphatic rings. The first-order valence-electron chi connectivity index (χ1n) is 12.3. The van der Waals surface area contributed by atoms with Gasteiger partial charge in [-0.1, -0.05) is 73.1 Å². The summed E-state index contributed by atoms with van der Waals surface area (Å²) < 4.78 is 6.64. The Kier molecular flexibility index (Phi) is 6.68. The van der Waals surface area contributed by atoms with Crippen molar-refractivity contribution in [2.24, 2.45) is 0 Å². The van der Waals surface area contributed by atoms with Crippen molar-refractivity contribution in [1.82, 2.24) is 4.90 Å². The SMILES string of the molecule is CC(C)(C)c1ccc(C2C(C(=O)c3cc4cc(Br)ccc4o3)=C(O)C(=O)N2Cc2ccc(C(=O)O)cc2)cc1. The Morgan fingerprint density at radius 2 is 1.64 bits per heavy atom. The number of ketones is 1. The summed E-state index contributed by atoms with van der Waals surface area (Å²) in [6, 6.07) is 19.8. The van der Waals surface area contributed by atoms with E-state index >= 15 is 0 Å². The Morgan fingerprint density at radius 1 is 0.974 bits per heavy atom. The van der Waals surface area contributed by atoms with Gasteiger partial charge in [-0.15, -0.1) is 0 Å². The van der Waals surface area contributed by atoms with Gasteiger partial charge < -0.3 is 19.5 Å². The van der Waals surface area contributed by atoms with E-state index in [-0.39, 0.29) is 28.9 Å². The van der Waals surface area contributed by atoms with Crippen LogP contribution < -0.4 is 0 Å². The van der Waals surface area contributed by atoms with E-state index in [1.54, 1.807) is 30.3 Å². The molecule has 39 heavy (non-hydrogen) atoms. The molecule has 1 atom stereocenters. The van der Waals surface area contributed by atoms with Crippen LogP contribution in [0.15, 0.2) is 93.0 Å². The Labute approximate surface area is 233 Å². The summed E-state index contributed by atoms with van der Waals surface area (Å²) in [5.41, 5.74) is 2.85. The molecule has 0 saturated heterocycles. The van der Waals surface area contributed by atoms with Gasteiger partial charge in [-0.25, -0.2) is 4.79 Å². The van der Waals surface area contributed by atoms with Gasteiger partial charge in [0.25, 0.3) is 5.91 Å². The van der Waals surface area contributed by atoms with Gasteiger partial charge >= 0.3 is 5.97 Å². The number of aromatic carboxylic acids is 1. The van der Waals surface area contributed by atoms with Crippen LogP contribution in [0.1, 0.15) is 64.4 Å². The highest BCUT2D eigenvalue weighted by Crippen LogP contribution is 2.41. The van der Waals surface area contributed by atoms with E-state index in [1.807, 2.05) is 30.3 Å². The molecule has 0 spiro atoms. The topological polar surface area (TPSA) is 108 Å². The number of rotatable bonds is 6. The Balaban J connectivity index is 1.58. The maximum absolute atomic E-state index is 13.8. The maximum atomic E-state index is 13.8. The van der Waals surface area contributed by atoms with Crippen molar-refractivity contribution in [2.45, 2.75) is 38.8 Å². The lowest BCUT2D eigenvalue weighted by Gasteiger charge is -2.28. The second-order valence-corrected chi connectivity index (χ2v) is 11.5. The summed E-state index contributed by atoms with van der Waals surface area (Å²) in [4.78, 5) is 39.9. The number of aliphatic hydroxyl groups is 1. The summed E-state index contributed by atoms with van der Waals surface area (Å²) in [6.07, 6.45) is 0. The first-order valence-corrected chi connectivity index (χ1v) is 13.1. The van der Waals surface area contributed by atoms with Crippen molar-refractivity contribution < 1.29 is 29.0 Å². The molecule has 7 nitrogen and oxygen atoms in total. The van der Waals surface area contributed by atoms with Crippen LogP contribution in [-0.2, 0) is 16.8 Å². The van der Waals surface area contributed by atoms with Crippen LogP contribution >= 0.6 is 15.9 Å². The predicted molar refractivity (Wildman–Crippen MR) is 150 cm³/mol. The van der Waals surface area contributed by atoms with E-state index in [0.717, 1.165) is 10.0 Å². The number of amides is 1. The summed E-state index contributed by atoms with van der Waals surface area (Å²) in [6.45, 7) is 6.33. The van der Waals surface area contributed by atoms with E-state index in [4.69, 9.17) is 4.42 Å². The number of aliphatic hydroxyl groups excluding tert-OH is 1. The number of carbonyl (C=O) groups is 3. The molecule has 2 heterocycles. The number of carboxylic acid groups (broad SMARTS) is 1. The molecule has 0 saturated carbocycles. The number of hydrogen-bond donors (Lipinski definition) is 2. The van der Waals surface area contributed by atoms with Crippen LogP contribution in [0, 0.1) is 0 Å². The smallest absolute Gasteiger partial charge is 0.335 e. The fourth-order valence-electron chi connectivity index (χ4n) is 4.77. The van der Waals surface area contributed by atoms with E-state index in [9.17, 15) is 24.6 Å². The minimum absolute atomic E-state index is 0.0152. The molecule has 0 fully saturated rings. The largest absolute Gasteiger partial charge is 0.503 e. The molecule has 0 radical (unpaired) electrons. The average Bonchev–Trinajstić information content (AvgIpc) is 3.42. The van der Waals surface area contributed by atoms with Crippen LogP contribution in [0.2, 0.25) is 0 Å². The van der Waals surface area contributed by atoms with Gasteiger partial charge in [0.2, 0.25) is 5.78 Å². The molecule has 1 unspecified atom stereocenters. The maximum Gasteiger partial charge on any atom is 0.335 e. The average molecular weight is 588 g/mol. The first-order chi connectivity index (χ1) is 18.4.